The number of pyridine rings is 1. The predicted octanol–water partition coefficient (Wildman–Crippen LogP) is 4.06. The maximum atomic E-state index is 13.7. The number of piperidine rings is 1. The Labute approximate surface area is 207 Å². The van der Waals surface area contributed by atoms with Gasteiger partial charge in [0, 0.05) is 30.2 Å². The number of carbonyl (C=O) groups excluding carboxylic acids is 2. The number of aliphatic hydroxyl groups is 1. The van der Waals surface area contributed by atoms with E-state index in [1.807, 2.05) is 61.5 Å². The number of likely N-dealkylation sites (tertiary alicyclic amines) is 1. The molecule has 1 saturated heterocycles. The molecular weight excluding hydrogens is 460 g/mol. The first-order chi connectivity index (χ1) is 17.0. The lowest BCUT2D eigenvalue weighted by atomic mass is 9.98. The fourth-order valence-corrected chi connectivity index (χ4v) is 5.48. The SMILES string of the molecule is Cc1nc(-c2ccccc2)c(C(=O)N2CC[C@@H](O)C[C@H]2CNC(=O)c2cccc3cccnc23)s1. The number of aromatic nitrogens is 2. The molecule has 0 radical (unpaired) electrons. The van der Waals surface area contributed by atoms with Gasteiger partial charge in [0.25, 0.3) is 11.8 Å². The quantitative estimate of drug-likeness (QED) is 0.444. The molecule has 35 heavy (non-hydrogen) atoms. The summed E-state index contributed by atoms with van der Waals surface area (Å²) in [7, 11) is 0. The first kappa shape index (κ1) is 23.1. The zero-order chi connectivity index (χ0) is 24.4. The Morgan fingerprint density at radius 3 is 2.74 bits per heavy atom. The normalized spacial score (nSPS) is 17.9. The minimum atomic E-state index is -0.517. The number of rotatable bonds is 5. The molecule has 5 rings (SSSR count). The number of nitrogens with zero attached hydrogens (tertiary/aromatic N) is 3. The number of hydrogen-bond acceptors (Lipinski definition) is 6. The van der Waals surface area contributed by atoms with Gasteiger partial charge in [-0.3, -0.25) is 14.6 Å². The standard InChI is InChI=1S/C27H26N4O3S/c1-17-30-24(19-7-3-2-4-8-19)25(35-17)27(34)31-14-12-21(32)15-20(31)16-29-26(33)22-11-5-9-18-10-6-13-28-23(18)22/h2-11,13,20-21,32H,12,14-16H2,1H3,(H,29,33)/t20-,21+/m0/s1. The van der Waals surface area contributed by atoms with Gasteiger partial charge in [0.1, 0.15) is 4.88 Å². The molecule has 2 aromatic carbocycles. The summed E-state index contributed by atoms with van der Waals surface area (Å²) in [6, 6.07) is 18.6. The van der Waals surface area contributed by atoms with Crippen LogP contribution in [0.3, 0.4) is 0 Å². The molecule has 2 amide bonds. The summed E-state index contributed by atoms with van der Waals surface area (Å²) in [6.45, 7) is 2.55. The van der Waals surface area contributed by atoms with E-state index >= 15 is 0 Å². The van der Waals surface area contributed by atoms with Gasteiger partial charge in [-0.05, 0) is 31.9 Å². The second-order valence-electron chi connectivity index (χ2n) is 8.70. The third-order valence-corrected chi connectivity index (χ3v) is 7.26. The van der Waals surface area contributed by atoms with Gasteiger partial charge in [0.05, 0.1) is 33.9 Å². The van der Waals surface area contributed by atoms with Crippen LogP contribution in [0.15, 0.2) is 66.9 Å². The van der Waals surface area contributed by atoms with Gasteiger partial charge < -0.3 is 15.3 Å². The van der Waals surface area contributed by atoms with E-state index in [0.717, 1.165) is 16.0 Å². The minimum absolute atomic E-state index is 0.118. The van der Waals surface area contributed by atoms with Crippen molar-refractivity contribution < 1.29 is 14.7 Å². The molecule has 3 heterocycles. The molecule has 1 aliphatic heterocycles. The first-order valence-electron chi connectivity index (χ1n) is 11.6. The molecule has 2 atom stereocenters. The fraction of sp³-hybridized carbons (Fsp3) is 0.259. The summed E-state index contributed by atoms with van der Waals surface area (Å²) in [6.07, 6.45) is 2.05. The van der Waals surface area contributed by atoms with Crippen LogP contribution in [-0.2, 0) is 0 Å². The highest BCUT2D eigenvalue weighted by molar-refractivity contribution is 7.14. The highest BCUT2D eigenvalue weighted by Gasteiger charge is 2.34. The Bertz CT molecular complexity index is 1370. The number of aliphatic hydroxyl groups excluding tert-OH is 1. The lowest BCUT2D eigenvalue weighted by Gasteiger charge is -2.38. The number of thiazole rings is 1. The molecule has 0 unspecified atom stereocenters. The molecule has 8 heteroatoms. The van der Waals surface area contributed by atoms with Gasteiger partial charge in [0.2, 0.25) is 0 Å². The lowest BCUT2D eigenvalue weighted by Crippen LogP contribution is -2.52. The van der Waals surface area contributed by atoms with Crippen LogP contribution in [0.4, 0.5) is 0 Å². The maximum absolute atomic E-state index is 13.7. The number of fused-ring (bicyclic) bond motifs is 1. The molecule has 0 bridgehead atoms. The van der Waals surface area contributed by atoms with Crippen LogP contribution >= 0.6 is 11.3 Å². The van der Waals surface area contributed by atoms with Crippen LogP contribution < -0.4 is 5.32 Å². The summed E-state index contributed by atoms with van der Waals surface area (Å²) < 4.78 is 0. The number of para-hydroxylation sites is 1. The van der Waals surface area contributed by atoms with Crippen LogP contribution in [0.2, 0.25) is 0 Å². The number of amides is 2. The summed E-state index contributed by atoms with van der Waals surface area (Å²) in [5.74, 6) is -0.368. The van der Waals surface area contributed by atoms with Crippen molar-refractivity contribution in [1.29, 1.82) is 0 Å². The Morgan fingerprint density at radius 1 is 1.11 bits per heavy atom. The highest BCUT2D eigenvalue weighted by atomic mass is 32.1. The number of nitrogens with one attached hydrogen (secondary N) is 1. The van der Waals surface area contributed by atoms with Gasteiger partial charge in [0.15, 0.2) is 0 Å². The summed E-state index contributed by atoms with van der Waals surface area (Å²) in [5.41, 5.74) is 2.69. The van der Waals surface area contributed by atoms with Crippen LogP contribution in [0.25, 0.3) is 22.2 Å². The molecular formula is C27H26N4O3S. The molecule has 178 valence electrons. The molecule has 0 aliphatic carbocycles. The summed E-state index contributed by atoms with van der Waals surface area (Å²) in [4.78, 5) is 38.1. The first-order valence-corrected chi connectivity index (χ1v) is 12.5. The average molecular weight is 487 g/mol. The van der Waals surface area contributed by atoms with Crippen LogP contribution in [0.5, 0.6) is 0 Å². The maximum Gasteiger partial charge on any atom is 0.266 e. The Hall–Kier alpha value is -3.62. The van der Waals surface area contributed by atoms with E-state index < -0.39 is 6.10 Å². The number of hydrogen-bond donors (Lipinski definition) is 2. The lowest BCUT2D eigenvalue weighted by molar-refractivity contribution is 0.0323. The molecule has 2 aromatic heterocycles. The van der Waals surface area contributed by atoms with Crippen LogP contribution in [-0.4, -0.2) is 57.0 Å². The van der Waals surface area contributed by atoms with Crippen molar-refractivity contribution >= 4 is 34.1 Å². The molecule has 1 aliphatic rings. The van der Waals surface area contributed by atoms with Crippen molar-refractivity contribution in [3.8, 4) is 11.3 Å². The van der Waals surface area contributed by atoms with E-state index in [2.05, 4.69) is 15.3 Å². The topological polar surface area (TPSA) is 95.4 Å². The average Bonchev–Trinajstić information content (AvgIpc) is 3.28. The van der Waals surface area contributed by atoms with Gasteiger partial charge in [-0.1, -0.05) is 48.5 Å². The molecule has 0 spiro atoms. The van der Waals surface area contributed by atoms with E-state index in [4.69, 9.17) is 0 Å². The molecule has 2 N–H and O–H groups in total. The van der Waals surface area contributed by atoms with Crippen molar-refractivity contribution in [2.24, 2.45) is 0 Å². The van der Waals surface area contributed by atoms with E-state index in [9.17, 15) is 14.7 Å². The molecule has 0 saturated carbocycles. The smallest absolute Gasteiger partial charge is 0.266 e. The Morgan fingerprint density at radius 2 is 1.91 bits per heavy atom. The van der Waals surface area contributed by atoms with Gasteiger partial charge in [-0.25, -0.2) is 4.98 Å². The number of carbonyl (C=O) groups is 2. The second-order valence-corrected chi connectivity index (χ2v) is 9.90. The van der Waals surface area contributed by atoms with Gasteiger partial charge in [-0.15, -0.1) is 11.3 Å². The van der Waals surface area contributed by atoms with Crippen molar-refractivity contribution in [2.75, 3.05) is 13.1 Å². The van der Waals surface area contributed by atoms with Crippen LogP contribution in [0, 0.1) is 6.92 Å². The van der Waals surface area contributed by atoms with E-state index in [0.29, 0.717) is 41.0 Å². The zero-order valence-corrected chi connectivity index (χ0v) is 20.2. The number of aryl methyl sites for hydroxylation is 1. The van der Waals surface area contributed by atoms with Crippen LogP contribution in [0.1, 0.15) is 37.9 Å². The molecule has 7 nitrogen and oxygen atoms in total. The molecule has 4 aromatic rings. The van der Waals surface area contributed by atoms with Crippen molar-refractivity contribution in [1.82, 2.24) is 20.2 Å². The summed E-state index contributed by atoms with van der Waals surface area (Å²) in [5, 5.41) is 15.0. The number of benzene rings is 2. The second kappa shape index (κ2) is 9.93. The highest BCUT2D eigenvalue weighted by Crippen LogP contribution is 2.31. The third kappa shape index (κ3) is 4.80. The Kier molecular flexibility index (Phi) is 6.57. The van der Waals surface area contributed by atoms with Gasteiger partial charge >= 0.3 is 0 Å². The van der Waals surface area contributed by atoms with Crippen molar-refractivity contribution in [2.45, 2.75) is 31.9 Å². The van der Waals surface area contributed by atoms with Crippen molar-refractivity contribution in [3.05, 3.63) is 82.3 Å². The van der Waals surface area contributed by atoms with Gasteiger partial charge in [-0.2, -0.15) is 0 Å². The van der Waals surface area contributed by atoms with E-state index in [-0.39, 0.29) is 24.4 Å². The minimum Gasteiger partial charge on any atom is -0.393 e. The fourth-order valence-electron chi connectivity index (χ4n) is 4.58. The van der Waals surface area contributed by atoms with E-state index in [1.165, 1.54) is 11.3 Å². The monoisotopic (exact) mass is 486 g/mol. The van der Waals surface area contributed by atoms with Crippen molar-refractivity contribution in [3.63, 3.8) is 0 Å². The van der Waals surface area contributed by atoms with E-state index in [1.54, 1.807) is 17.2 Å². The Balaban J connectivity index is 1.37. The summed E-state index contributed by atoms with van der Waals surface area (Å²) >= 11 is 1.38. The zero-order valence-electron chi connectivity index (χ0n) is 19.3. The third-order valence-electron chi connectivity index (χ3n) is 6.30. The largest absolute Gasteiger partial charge is 0.393 e. The molecule has 1 fully saturated rings. The predicted molar refractivity (Wildman–Crippen MR) is 136 cm³/mol.